The van der Waals surface area contributed by atoms with Crippen LogP contribution in [0.2, 0.25) is 5.02 Å². The summed E-state index contributed by atoms with van der Waals surface area (Å²) >= 11 is 5.84. The van der Waals surface area contributed by atoms with Crippen molar-refractivity contribution in [1.82, 2.24) is 15.1 Å². The summed E-state index contributed by atoms with van der Waals surface area (Å²) in [4.78, 5) is 39.9. The Bertz CT molecular complexity index is 1010. The molecule has 0 aromatic heterocycles. The van der Waals surface area contributed by atoms with Crippen LogP contribution in [0.15, 0.2) is 36.4 Å². The zero-order valence-corrected chi connectivity index (χ0v) is 17.1. The summed E-state index contributed by atoms with van der Waals surface area (Å²) in [5, 5.41) is 2.54. The van der Waals surface area contributed by atoms with Gasteiger partial charge in [0, 0.05) is 44.7 Å². The molecule has 0 unspecified atom stereocenters. The van der Waals surface area contributed by atoms with Crippen LogP contribution < -0.4 is 5.32 Å². The molecule has 1 aliphatic rings. The quantitative estimate of drug-likeness (QED) is 0.757. The summed E-state index contributed by atoms with van der Waals surface area (Å²) in [5.74, 6) is -3.83. The van der Waals surface area contributed by atoms with Crippen molar-refractivity contribution in [1.29, 1.82) is 0 Å². The average molecular weight is 454 g/mol. The normalized spacial score (nSPS) is 13.8. The molecule has 164 valence electrons. The maximum absolute atomic E-state index is 13.3. The molecule has 2 aromatic carbocycles. The van der Waals surface area contributed by atoms with Gasteiger partial charge in [-0.1, -0.05) is 11.6 Å². The van der Waals surface area contributed by atoms with E-state index in [0.717, 1.165) is 24.3 Å². The molecule has 0 atom stereocenters. The lowest BCUT2D eigenvalue weighted by atomic mass is 10.1. The van der Waals surface area contributed by atoms with E-state index in [1.165, 1.54) is 17.0 Å². The summed E-state index contributed by atoms with van der Waals surface area (Å²) in [6.07, 6.45) is 0.0433. The van der Waals surface area contributed by atoms with Crippen molar-refractivity contribution in [3.63, 3.8) is 0 Å². The van der Waals surface area contributed by atoms with Gasteiger partial charge in [-0.2, -0.15) is 0 Å². The van der Waals surface area contributed by atoms with E-state index in [0.29, 0.717) is 0 Å². The van der Waals surface area contributed by atoms with E-state index in [9.17, 15) is 27.6 Å². The second-order valence-corrected chi connectivity index (χ2v) is 7.34. The van der Waals surface area contributed by atoms with Gasteiger partial charge in [-0.3, -0.25) is 14.4 Å². The number of nitrogens with one attached hydrogen (secondary N) is 1. The molecule has 3 amide bonds. The van der Waals surface area contributed by atoms with Gasteiger partial charge in [0.25, 0.3) is 11.8 Å². The lowest BCUT2D eigenvalue weighted by Gasteiger charge is -2.35. The van der Waals surface area contributed by atoms with Crippen LogP contribution in [0.4, 0.5) is 13.2 Å². The Morgan fingerprint density at radius 1 is 0.903 bits per heavy atom. The van der Waals surface area contributed by atoms with Crippen molar-refractivity contribution in [3.8, 4) is 0 Å². The summed E-state index contributed by atoms with van der Waals surface area (Å²) < 4.78 is 39.4. The minimum atomic E-state index is -1.09. The van der Waals surface area contributed by atoms with Gasteiger partial charge in [-0.05, 0) is 36.4 Å². The van der Waals surface area contributed by atoms with E-state index in [4.69, 9.17) is 11.6 Å². The Balaban J connectivity index is 1.45. The van der Waals surface area contributed by atoms with Crippen LogP contribution in [-0.2, 0) is 4.79 Å². The fourth-order valence-corrected chi connectivity index (χ4v) is 3.43. The smallest absolute Gasteiger partial charge is 0.254 e. The fourth-order valence-electron chi connectivity index (χ4n) is 3.18. The van der Waals surface area contributed by atoms with Crippen molar-refractivity contribution >= 4 is 29.3 Å². The van der Waals surface area contributed by atoms with Gasteiger partial charge < -0.3 is 15.1 Å². The van der Waals surface area contributed by atoms with E-state index >= 15 is 0 Å². The number of hydrogen-bond acceptors (Lipinski definition) is 3. The first kappa shape index (κ1) is 22.6. The third-order valence-electron chi connectivity index (χ3n) is 4.89. The van der Waals surface area contributed by atoms with E-state index < -0.39 is 29.3 Å². The molecule has 1 saturated heterocycles. The molecule has 0 radical (unpaired) electrons. The number of nitrogens with zero attached hydrogens (tertiary/aromatic N) is 2. The molecule has 0 bridgehead atoms. The number of rotatable bonds is 5. The first-order valence-corrected chi connectivity index (χ1v) is 9.89. The van der Waals surface area contributed by atoms with Crippen LogP contribution in [0.3, 0.4) is 0 Å². The first-order valence-electron chi connectivity index (χ1n) is 9.51. The molecule has 1 fully saturated rings. The lowest BCUT2D eigenvalue weighted by molar-refractivity contribution is -0.132. The SMILES string of the molecule is O=C(NCCC(=O)N1CCN(C(=O)c2ccc(F)c(F)c2)CC1)c1ccc(F)cc1Cl. The highest BCUT2D eigenvalue weighted by atomic mass is 35.5. The Morgan fingerprint density at radius 3 is 2.23 bits per heavy atom. The Labute approximate surface area is 181 Å². The first-order chi connectivity index (χ1) is 14.8. The van der Waals surface area contributed by atoms with Gasteiger partial charge in [-0.25, -0.2) is 13.2 Å². The number of amides is 3. The van der Waals surface area contributed by atoms with Crippen molar-refractivity contribution in [2.75, 3.05) is 32.7 Å². The van der Waals surface area contributed by atoms with Crippen LogP contribution in [0.5, 0.6) is 0 Å². The number of halogens is 4. The van der Waals surface area contributed by atoms with Crippen molar-refractivity contribution < 1.29 is 27.6 Å². The predicted octanol–water partition coefficient (Wildman–Crippen LogP) is 2.86. The van der Waals surface area contributed by atoms with Crippen LogP contribution >= 0.6 is 11.6 Å². The molecule has 0 saturated carbocycles. The fraction of sp³-hybridized carbons (Fsp3) is 0.286. The summed E-state index contributed by atoms with van der Waals surface area (Å²) in [6.45, 7) is 1.14. The lowest BCUT2D eigenvalue weighted by Crippen LogP contribution is -2.51. The Kier molecular flexibility index (Phi) is 7.17. The molecule has 31 heavy (non-hydrogen) atoms. The van der Waals surface area contributed by atoms with E-state index in [-0.39, 0.29) is 61.2 Å². The topological polar surface area (TPSA) is 69.7 Å². The Morgan fingerprint density at radius 2 is 1.58 bits per heavy atom. The number of hydrogen-bond donors (Lipinski definition) is 1. The van der Waals surface area contributed by atoms with E-state index in [1.807, 2.05) is 0 Å². The van der Waals surface area contributed by atoms with E-state index in [2.05, 4.69) is 5.32 Å². The zero-order chi connectivity index (χ0) is 22.5. The van der Waals surface area contributed by atoms with E-state index in [1.54, 1.807) is 4.90 Å². The average Bonchev–Trinajstić information content (AvgIpc) is 2.75. The van der Waals surface area contributed by atoms with Gasteiger partial charge >= 0.3 is 0 Å². The number of carbonyl (C=O) groups excluding carboxylic acids is 3. The predicted molar refractivity (Wildman–Crippen MR) is 107 cm³/mol. The molecule has 0 spiro atoms. The summed E-state index contributed by atoms with van der Waals surface area (Å²) in [6, 6.07) is 6.38. The molecule has 1 N–H and O–H groups in total. The van der Waals surface area contributed by atoms with Crippen LogP contribution in [0, 0.1) is 17.5 Å². The minimum absolute atomic E-state index is 0.0225. The standard InChI is InChI=1S/C21H19ClF3N3O3/c22-16-12-14(23)2-3-15(16)20(30)26-6-5-19(29)27-7-9-28(10-8-27)21(31)13-1-4-17(24)18(25)11-13/h1-4,11-12H,5-10H2,(H,26,30). The molecule has 0 aliphatic carbocycles. The summed E-state index contributed by atoms with van der Waals surface area (Å²) in [5.41, 5.74) is 0.153. The third kappa shape index (κ3) is 5.55. The van der Waals surface area contributed by atoms with Crippen molar-refractivity contribution in [2.24, 2.45) is 0 Å². The molecule has 6 nitrogen and oxygen atoms in total. The molecule has 10 heteroatoms. The molecule has 3 rings (SSSR count). The largest absolute Gasteiger partial charge is 0.351 e. The molecule has 1 heterocycles. The summed E-state index contributed by atoms with van der Waals surface area (Å²) in [7, 11) is 0. The molecule has 2 aromatic rings. The van der Waals surface area contributed by atoms with Gasteiger partial charge in [0.05, 0.1) is 10.6 Å². The number of piperazine rings is 1. The second-order valence-electron chi connectivity index (χ2n) is 6.93. The van der Waals surface area contributed by atoms with Gasteiger partial charge in [-0.15, -0.1) is 0 Å². The van der Waals surface area contributed by atoms with Gasteiger partial charge in [0.2, 0.25) is 5.91 Å². The number of carbonyl (C=O) groups is 3. The zero-order valence-electron chi connectivity index (χ0n) is 16.3. The number of benzene rings is 2. The third-order valence-corrected chi connectivity index (χ3v) is 5.20. The van der Waals surface area contributed by atoms with Gasteiger partial charge in [0.15, 0.2) is 11.6 Å². The van der Waals surface area contributed by atoms with Gasteiger partial charge in [0.1, 0.15) is 5.82 Å². The molecular weight excluding hydrogens is 435 g/mol. The monoisotopic (exact) mass is 453 g/mol. The molecule has 1 aliphatic heterocycles. The van der Waals surface area contributed by atoms with Crippen LogP contribution in [0.25, 0.3) is 0 Å². The Hall–Kier alpha value is -3.07. The highest BCUT2D eigenvalue weighted by Gasteiger charge is 2.25. The second kappa shape index (κ2) is 9.82. The highest BCUT2D eigenvalue weighted by molar-refractivity contribution is 6.33. The van der Waals surface area contributed by atoms with Crippen molar-refractivity contribution in [2.45, 2.75) is 6.42 Å². The highest BCUT2D eigenvalue weighted by Crippen LogP contribution is 2.17. The maximum atomic E-state index is 13.3. The van der Waals surface area contributed by atoms with Crippen molar-refractivity contribution in [3.05, 3.63) is 70.0 Å². The molecular formula is C21H19ClF3N3O3. The van der Waals surface area contributed by atoms with Crippen LogP contribution in [0.1, 0.15) is 27.1 Å². The minimum Gasteiger partial charge on any atom is -0.351 e. The van der Waals surface area contributed by atoms with Crippen LogP contribution in [-0.4, -0.2) is 60.2 Å². The maximum Gasteiger partial charge on any atom is 0.254 e.